The maximum absolute atomic E-state index is 11.8. The Morgan fingerprint density at radius 2 is 2.00 bits per heavy atom. The number of aryl methyl sites for hydroxylation is 1. The third kappa shape index (κ3) is 1.55. The van der Waals surface area contributed by atoms with Crippen molar-refractivity contribution in [3.8, 4) is 0 Å². The van der Waals surface area contributed by atoms with E-state index in [2.05, 4.69) is 5.32 Å². The van der Waals surface area contributed by atoms with E-state index in [1.54, 1.807) is 4.90 Å². The molecular weight excluding hydrogens is 230 g/mol. The Labute approximate surface area is 104 Å². The van der Waals surface area contributed by atoms with Crippen molar-refractivity contribution in [1.82, 2.24) is 9.88 Å². The van der Waals surface area contributed by atoms with Gasteiger partial charge < -0.3 is 4.57 Å². The summed E-state index contributed by atoms with van der Waals surface area (Å²) in [6.45, 7) is 0.429. The molecule has 0 spiro atoms. The first-order chi connectivity index (χ1) is 8.66. The van der Waals surface area contributed by atoms with Gasteiger partial charge in [0.25, 0.3) is 0 Å². The molecule has 1 aliphatic heterocycles. The Kier molecular flexibility index (Phi) is 2.33. The van der Waals surface area contributed by atoms with Gasteiger partial charge >= 0.3 is 6.03 Å². The highest BCUT2D eigenvalue weighted by Gasteiger charge is 2.26. The summed E-state index contributed by atoms with van der Waals surface area (Å²) in [5.74, 6) is -0.212. The summed E-state index contributed by atoms with van der Waals surface area (Å²) in [6, 6.07) is 7.55. The third-order valence-corrected chi connectivity index (χ3v) is 3.22. The number of rotatable bonds is 1. The van der Waals surface area contributed by atoms with Gasteiger partial charge in [0, 0.05) is 37.1 Å². The second-order valence-corrected chi connectivity index (χ2v) is 4.40. The zero-order chi connectivity index (χ0) is 12.7. The van der Waals surface area contributed by atoms with E-state index < -0.39 is 0 Å². The molecule has 1 saturated heterocycles. The molecule has 1 aromatic carbocycles. The number of urea groups is 1. The van der Waals surface area contributed by atoms with E-state index in [0.717, 1.165) is 16.6 Å². The molecule has 2 aromatic rings. The fraction of sp³-hybridized carbons (Fsp3) is 0.231. The van der Waals surface area contributed by atoms with E-state index in [0.29, 0.717) is 13.0 Å². The lowest BCUT2D eigenvalue weighted by molar-refractivity contribution is -0.120. The smallest absolute Gasteiger partial charge is 0.328 e. The van der Waals surface area contributed by atoms with E-state index in [-0.39, 0.29) is 11.9 Å². The SMILES string of the molecule is Cn1cc(N2CCC(=O)NC2=O)c2ccccc21. The fourth-order valence-corrected chi connectivity index (χ4v) is 2.33. The van der Waals surface area contributed by atoms with Crippen molar-refractivity contribution < 1.29 is 9.59 Å². The first-order valence-electron chi connectivity index (χ1n) is 5.82. The van der Waals surface area contributed by atoms with Gasteiger partial charge in [0.15, 0.2) is 0 Å². The first kappa shape index (κ1) is 10.8. The van der Waals surface area contributed by atoms with E-state index in [9.17, 15) is 9.59 Å². The van der Waals surface area contributed by atoms with Crippen LogP contribution in [0, 0.1) is 0 Å². The number of hydrogen-bond donors (Lipinski definition) is 1. The molecule has 1 N–H and O–H groups in total. The predicted molar refractivity (Wildman–Crippen MR) is 68.4 cm³/mol. The summed E-state index contributed by atoms with van der Waals surface area (Å²) in [4.78, 5) is 24.6. The quantitative estimate of drug-likeness (QED) is 0.827. The number of aromatic nitrogens is 1. The summed E-state index contributed by atoms with van der Waals surface area (Å²) in [5.41, 5.74) is 1.91. The van der Waals surface area contributed by atoms with Crippen LogP contribution >= 0.6 is 0 Å². The zero-order valence-corrected chi connectivity index (χ0v) is 10.0. The number of nitrogens with zero attached hydrogens (tertiary/aromatic N) is 2. The number of carbonyl (C=O) groups is 2. The van der Waals surface area contributed by atoms with Crippen LogP contribution in [0.25, 0.3) is 10.9 Å². The van der Waals surface area contributed by atoms with Crippen LogP contribution in [0.5, 0.6) is 0 Å². The first-order valence-corrected chi connectivity index (χ1v) is 5.82. The van der Waals surface area contributed by atoms with Crippen molar-refractivity contribution in [2.75, 3.05) is 11.4 Å². The van der Waals surface area contributed by atoms with Gasteiger partial charge in [-0.1, -0.05) is 18.2 Å². The Hall–Kier alpha value is -2.30. The molecule has 0 saturated carbocycles. The molecule has 0 aliphatic carbocycles. The topological polar surface area (TPSA) is 54.3 Å². The average Bonchev–Trinajstić information content (AvgIpc) is 2.68. The van der Waals surface area contributed by atoms with Gasteiger partial charge in [-0.15, -0.1) is 0 Å². The van der Waals surface area contributed by atoms with Crippen LogP contribution in [0.2, 0.25) is 0 Å². The highest BCUT2D eigenvalue weighted by Crippen LogP contribution is 2.29. The third-order valence-electron chi connectivity index (χ3n) is 3.22. The largest absolute Gasteiger partial charge is 0.348 e. The minimum atomic E-state index is -0.345. The van der Waals surface area contributed by atoms with Crippen LogP contribution < -0.4 is 10.2 Å². The Bertz CT molecular complexity index is 645. The molecule has 0 unspecified atom stereocenters. The van der Waals surface area contributed by atoms with Crippen molar-refractivity contribution in [2.45, 2.75) is 6.42 Å². The molecule has 1 aromatic heterocycles. The maximum Gasteiger partial charge on any atom is 0.328 e. The van der Waals surface area contributed by atoms with Crippen LogP contribution in [0.4, 0.5) is 10.5 Å². The number of carbonyl (C=O) groups excluding carboxylic acids is 2. The number of para-hydroxylation sites is 1. The monoisotopic (exact) mass is 243 g/mol. The minimum absolute atomic E-state index is 0.212. The van der Waals surface area contributed by atoms with E-state index in [1.807, 2.05) is 42.1 Å². The normalized spacial score (nSPS) is 16.2. The molecule has 0 bridgehead atoms. The van der Waals surface area contributed by atoms with Gasteiger partial charge in [-0.05, 0) is 6.07 Å². The van der Waals surface area contributed by atoms with Gasteiger partial charge in [-0.3, -0.25) is 15.0 Å². The van der Waals surface area contributed by atoms with Crippen molar-refractivity contribution in [1.29, 1.82) is 0 Å². The van der Waals surface area contributed by atoms with Gasteiger partial charge in [0.2, 0.25) is 5.91 Å². The Balaban J connectivity index is 2.09. The van der Waals surface area contributed by atoms with Crippen LogP contribution in [0.1, 0.15) is 6.42 Å². The number of fused-ring (bicyclic) bond motifs is 1. The highest BCUT2D eigenvalue weighted by molar-refractivity contribution is 6.09. The molecule has 5 heteroatoms. The van der Waals surface area contributed by atoms with Crippen LogP contribution in [0.3, 0.4) is 0 Å². The number of anilines is 1. The number of benzene rings is 1. The van der Waals surface area contributed by atoms with Crippen LogP contribution in [-0.4, -0.2) is 23.1 Å². The average molecular weight is 243 g/mol. The lowest BCUT2D eigenvalue weighted by Crippen LogP contribution is -2.49. The molecule has 18 heavy (non-hydrogen) atoms. The van der Waals surface area contributed by atoms with E-state index in [1.165, 1.54) is 0 Å². The van der Waals surface area contributed by atoms with Crippen LogP contribution in [-0.2, 0) is 11.8 Å². The van der Waals surface area contributed by atoms with Crippen molar-refractivity contribution in [3.05, 3.63) is 30.5 Å². The molecule has 3 amide bonds. The maximum atomic E-state index is 11.8. The molecule has 92 valence electrons. The molecule has 5 nitrogen and oxygen atoms in total. The Morgan fingerprint density at radius 3 is 2.78 bits per heavy atom. The van der Waals surface area contributed by atoms with Crippen molar-refractivity contribution in [2.24, 2.45) is 7.05 Å². The number of amides is 3. The lowest BCUT2D eigenvalue weighted by atomic mass is 10.2. The second-order valence-electron chi connectivity index (χ2n) is 4.40. The molecule has 1 fully saturated rings. The molecular formula is C13H13N3O2. The van der Waals surface area contributed by atoms with E-state index in [4.69, 9.17) is 0 Å². The zero-order valence-electron chi connectivity index (χ0n) is 10.0. The van der Waals surface area contributed by atoms with Gasteiger partial charge in [-0.2, -0.15) is 0 Å². The minimum Gasteiger partial charge on any atom is -0.348 e. The lowest BCUT2D eigenvalue weighted by Gasteiger charge is -2.25. The predicted octanol–water partition coefficient (Wildman–Crippen LogP) is 1.62. The van der Waals surface area contributed by atoms with Crippen molar-refractivity contribution in [3.63, 3.8) is 0 Å². The second kappa shape index (κ2) is 3.87. The van der Waals surface area contributed by atoms with Crippen LogP contribution in [0.15, 0.2) is 30.5 Å². The highest BCUT2D eigenvalue weighted by atomic mass is 16.2. The van der Waals surface area contributed by atoms with E-state index >= 15 is 0 Å². The molecule has 3 rings (SSSR count). The summed E-state index contributed by atoms with van der Waals surface area (Å²) in [5, 5.41) is 3.36. The molecule has 2 heterocycles. The van der Waals surface area contributed by atoms with Crippen molar-refractivity contribution >= 4 is 28.5 Å². The number of hydrogen-bond acceptors (Lipinski definition) is 2. The molecule has 1 aliphatic rings. The summed E-state index contributed by atoms with van der Waals surface area (Å²) in [7, 11) is 1.94. The van der Waals surface area contributed by atoms with Gasteiger partial charge in [0.1, 0.15) is 0 Å². The van der Waals surface area contributed by atoms with Gasteiger partial charge in [0.05, 0.1) is 5.69 Å². The fourth-order valence-electron chi connectivity index (χ4n) is 2.33. The number of imide groups is 1. The summed E-state index contributed by atoms with van der Waals surface area (Å²) >= 11 is 0. The van der Waals surface area contributed by atoms with Gasteiger partial charge in [-0.25, -0.2) is 4.79 Å². The summed E-state index contributed by atoms with van der Waals surface area (Å²) in [6.07, 6.45) is 2.26. The molecule has 0 atom stereocenters. The number of nitrogens with one attached hydrogen (secondary N) is 1. The standard InChI is InChI=1S/C13H13N3O2/c1-15-8-11(9-4-2-3-5-10(9)15)16-7-6-12(17)14-13(16)18/h2-5,8H,6-7H2,1H3,(H,14,17,18). The summed E-state index contributed by atoms with van der Waals surface area (Å²) < 4.78 is 1.98. The molecule has 0 radical (unpaired) electrons. The Morgan fingerprint density at radius 1 is 1.22 bits per heavy atom.